The molecule has 120 valence electrons. The van der Waals surface area contributed by atoms with Crippen LogP contribution in [-0.2, 0) is 16.4 Å². The summed E-state index contributed by atoms with van der Waals surface area (Å²) in [4.78, 5) is 0.369. The van der Waals surface area contributed by atoms with Crippen LogP contribution in [0.3, 0.4) is 0 Å². The van der Waals surface area contributed by atoms with Crippen LogP contribution in [0.15, 0.2) is 29.2 Å². The molecule has 1 aromatic carbocycles. The van der Waals surface area contributed by atoms with Crippen LogP contribution < -0.4 is 4.72 Å². The fourth-order valence-electron chi connectivity index (χ4n) is 2.32. The highest BCUT2D eigenvalue weighted by molar-refractivity contribution is 7.89. The van der Waals surface area contributed by atoms with Crippen LogP contribution in [0.25, 0.3) is 0 Å². The van der Waals surface area contributed by atoms with Crippen molar-refractivity contribution in [2.45, 2.75) is 70.1 Å². The molecule has 1 N–H and O–H groups in total. The molecular formula is C17H29NO2S. The smallest absolute Gasteiger partial charge is 0.211 e. The lowest BCUT2D eigenvalue weighted by molar-refractivity contribution is 0.567. The molecular weight excluding hydrogens is 282 g/mol. The number of nitrogens with one attached hydrogen (secondary N) is 1. The SMILES string of the molecule is CCCCCCCCNS(=O)(=O)c1ccc(CCC)cc1. The maximum Gasteiger partial charge on any atom is 0.240 e. The average molecular weight is 311 g/mol. The van der Waals surface area contributed by atoms with E-state index in [0.717, 1.165) is 25.7 Å². The van der Waals surface area contributed by atoms with Crippen molar-refractivity contribution in [2.24, 2.45) is 0 Å². The highest BCUT2D eigenvalue weighted by atomic mass is 32.2. The Labute approximate surface area is 130 Å². The highest BCUT2D eigenvalue weighted by Gasteiger charge is 2.12. The summed E-state index contributed by atoms with van der Waals surface area (Å²) < 4.78 is 26.9. The van der Waals surface area contributed by atoms with Gasteiger partial charge in [-0.15, -0.1) is 0 Å². The van der Waals surface area contributed by atoms with E-state index in [1.165, 1.54) is 31.2 Å². The predicted octanol–water partition coefficient (Wildman–Crippen LogP) is 4.28. The van der Waals surface area contributed by atoms with Gasteiger partial charge in [0.2, 0.25) is 10.0 Å². The van der Waals surface area contributed by atoms with Crippen LogP contribution in [0, 0.1) is 0 Å². The number of sulfonamides is 1. The molecule has 0 atom stereocenters. The Bertz CT molecular complexity index is 480. The van der Waals surface area contributed by atoms with Crippen molar-refractivity contribution in [3.05, 3.63) is 29.8 Å². The van der Waals surface area contributed by atoms with Crippen molar-refractivity contribution in [3.8, 4) is 0 Å². The highest BCUT2D eigenvalue weighted by Crippen LogP contribution is 2.12. The Morgan fingerprint density at radius 2 is 1.48 bits per heavy atom. The van der Waals surface area contributed by atoms with Gasteiger partial charge in [0, 0.05) is 6.54 Å². The molecule has 0 aliphatic heterocycles. The van der Waals surface area contributed by atoms with Gasteiger partial charge in [-0.05, 0) is 30.5 Å². The Kier molecular flexibility index (Phi) is 8.62. The normalized spacial score (nSPS) is 11.7. The molecule has 0 unspecified atom stereocenters. The third kappa shape index (κ3) is 7.09. The largest absolute Gasteiger partial charge is 0.240 e. The third-order valence-electron chi connectivity index (χ3n) is 3.59. The van der Waals surface area contributed by atoms with E-state index >= 15 is 0 Å². The Hall–Kier alpha value is -0.870. The molecule has 0 radical (unpaired) electrons. The fourth-order valence-corrected chi connectivity index (χ4v) is 3.39. The number of rotatable bonds is 11. The molecule has 0 heterocycles. The summed E-state index contributed by atoms with van der Waals surface area (Å²) in [5.74, 6) is 0. The van der Waals surface area contributed by atoms with Gasteiger partial charge >= 0.3 is 0 Å². The summed E-state index contributed by atoms with van der Waals surface area (Å²) in [7, 11) is -3.34. The zero-order valence-electron chi connectivity index (χ0n) is 13.4. The first-order valence-corrected chi connectivity index (χ1v) is 9.67. The maximum absolute atomic E-state index is 12.1. The minimum absolute atomic E-state index is 0.369. The van der Waals surface area contributed by atoms with Crippen LogP contribution in [0.2, 0.25) is 0 Å². The number of benzene rings is 1. The van der Waals surface area contributed by atoms with E-state index in [2.05, 4.69) is 18.6 Å². The van der Waals surface area contributed by atoms with Gasteiger partial charge < -0.3 is 0 Å². The lowest BCUT2D eigenvalue weighted by atomic mass is 10.1. The van der Waals surface area contributed by atoms with Crippen molar-refractivity contribution in [2.75, 3.05) is 6.54 Å². The zero-order chi connectivity index (χ0) is 15.6. The van der Waals surface area contributed by atoms with Gasteiger partial charge in [-0.2, -0.15) is 0 Å². The molecule has 0 aromatic heterocycles. The van der Waals surface area contributed by atoms with Gasteiger partial charge in [0.15, 0.2) is 0 Å². The molecule has 0 saturated carbocycles. The lowest BCUT2D eigenvalue weighted by Gasteiger charge is -2.07. The molecule has 0 aliphatic rings. The molecule has 0 bridgehead atoms. The van der Waals surface area contributed by atoms with Gasteiger partial charge in [0.1, 0.15) is 0 Å². The van der Waals surface area contributed by atoms with Crippen molar-refractivity contribution in [1.29, 1.82) is 0 Å². The molecule has 0 saturated heterocycles. The van der Waals surface area contributed by atoms with E-state index in [1.54, 1.807) is 12.1 Å². The van der Waals surface area contributed by atoms with E-state index < -0.39 is 10.0 Å². The van der Waals surface area contributed by atoms with Gasteiger partial charge in [-0.1, -0.05) is 64.5 Å². The van der Waals surface area contributed by atoms with Gasteiger partial charge in [-0.25, -0.2) is 13.1 Å². The van der Waals surface area contributed by atoms with Crippen molar-refractivity contribution in [3.63, 3.8) is 0 Å². The monoisotopic (exact) mass is 311 g/mol. The summed E-state index contributed by atoms with van der Waals surface area (Å²) in [5, 5.41) is 0. The Balaban J connectivity index is 2.35. The first kappa shape index (κ1) is 18.2. The predicted molar refractivity (Wildman–Crippen MR) is 89.0 cm³/mol. The summed E-state index contributed by atoms with van der Waals surface area (Å²) in [6.07, 6.45) is 9.03. The summed E-state index contributed by atoms with van der Waals surface area (Å²) in [5.41, 5.74) is 1.19. The second-order valence-electron chi connectivity index (χ2n) is 5.56. The molecule has 0 spiro atoms. The van der Waals surface area contributed by atoms with Crippen LogP contribution in [0.1, 0.15) is 64.4 Å². The number of hydrogen-bond acceptors (Lipinski definition) is 2. The maximum atomic E-state index is 12.1. The Morgan fingerprint density at radius 1 is 0.857 bits per heavy atom. The second kappa shape index (κ2) is 9.96. The van der Waals surface area contributed by atoms with Crippen molar-refractivity contribution >= 4 is 10.0 Å². The first-order chi connectivity index (χ1) is 10.1. The standard InChI is InChI=1S/C17H29NO2S/c1-3-5-6-7-8-9-15-18-21(19,20)17-13-11-16(10-4-2)12-14-17/h11-14,18H,3-10,15H2,1-2H3. The van der Waals surface area contributed by atoms with E-state index in [1.807, 2.05) is 12.1 Å². The van der Waals surface area contributed by atoms with E-state index in [4.69, 9.17) is 0 Å². The van der Waals surface area contributed by atoms with Gasteiger partial charge in [-0.3, -0.25) is 0 Å². The summed E-state index contributed by atoms with van der Waals surface area (Å²) in [6.45, 7) is 4.85. The van der Waals surface area contributed by atoms with Crippen molar-refractivity contribution < 1.29 is 8.42 Å². The summed E-state index contributed by atoms with van der Waals surface area (Å²) in [6, 6.07) is 7.22. The fraction of sp³-hybridized carbons (Fsp3) is 0.647. The molecule has 4 heteroatoms. The van der Waals surface area contributed by atoms with Crippen LogP contribution in [0.5, 0.6) is 0 Å². The molecule has 0 fully saturated rings. The minimum Gasteiger partial charge on any atom is -0.211 e. The zero-order valence-corrected chi connectivity index (χ0v) is 14.2. The topological polar surface area (TPSA) is 46.2 Å². The summed E-state index contributed by atoms with van der Waals surface area (Å²) >= 11 is 0. The van der Waals surface area contributed by atoms with Crippen molar-refractivity contribution in [1.82, 2.24) is 4.72 Å². The third-order valence-corrected chi connectivity index (χ3v) is 5.07. The Morgan fingerprint density at radius 3 is 2.10 bits per heavy atom. The molecule has 0 amide bonds. The second-order valence-corrected chi connectivity index (χ2v) is 7.33. The van der Waals surface area contributed by atoms with E-state index in [9.17, 15) is 8.42 Å². The van der Waals surface area contributed by atoms with Crippen LogP contribution in [0.4, 0.5) is 0 Å². The lowest BCUT2D eigenvalue weighted by Crippen LogP contribution is -2.24. The van der Waals surface area contributed by atoms with Gasteiger partial charge in [0.05, 0.1) is 4.90 Å². The van der Waals surface area contributed by atoms with Crippen LogP contribution in [-0.4, -0.2) is 15.0 Å². The minimum atomic E-state index is -3.34. The first-order valence-electron chi connectivity index (χ1n) is 8.18. The van der Waals surface area contributed by atoms with Gasteiger partial charge in [0.25, 0.3) is 0 Å². The molecule has 3 nitrogen and oxygen atoms in total. The quantitative estimate of drug-likeness (QED) is 0.620. The van der Waals surface area contributed by atoms with Crippen LogP contribution >= 0.6 is 0 Å². The molecule has 21 heavy (non-hydrogen) atoms. The number of aryl methyl sites for hydroxylation is 1. The molecule has 1 aromatic rings. The number of hydrogen-bond donors (Lipinski definition) is 1. The average Bonchev–Trinajstić information content (AvgIpc) is 2.47. The number of unbranched alkanes of at least 4 members (excludes halogenated alkanes) is 5. The molecule has 0 aliphatic carbocycles. The van der Waals surface area contributed by atoms with E-state index in [-0.39, 0.29) is 0 Å². The molecule has 1 rings (SSSR count). The van der Waals surface area contributed by atoms with E-state index in [0.29, 0.717) is 11.4 Å².